The van der Waals surface area contributed by atoms with Crippen LogP contribution < -0.4 is 5.32 Å². The number of halogens is 1. The van der Waals surface area contributed by atoms with E-state index in [9.17, 15) is 28.7 Å². The molecule has 2 heterocycles. The highest BCUT2D eigenvalue weighted by atomic mass is 32.2. The Hall–Kier alpha value is -4.18. The molecule has 172 valence electrons. The van der Waals surface area contributed by atoms with Gasteiger partial charge < -0.3 is 14.8 Å². The Labute approximate surface area is 197 Å². The maximum Gasteiger partial charge on any atom is 0.335 e. The summed E-state index contributed by atoms with van der Waals surface area (Å²) in [6.45, 7) is 1.10. The lowest BCUT2D eigenvalue weighted by Crippen LogP contribution is -2.36. The first-order valence-electron chi connectivity index (χ1n) is 9.97. The molecule has 1 aliphatic rings. The third-order valence-electron chi connectivity index (χ3n) is 5.05. The smallest absolute Gasteiger partial charge is 0.335 e. The van der Waals surface area contributed by atoms with E-state index in [-0.39, 0.29) is 21.9 Å². The molecule has 1 aliphatic heterocycles. The number of rotatable bonds is 6. The molecule has 0 atom stereocenters. The summed E-state index contributed by atoms with van der Waals surface area (Å²) in [6, 6.07) is 13.6. The van der Waals surface area contributed by atoms with Gasteiger partial charge in [0.15, 0.2) is 0 Å². The number of benzene rings is 2. The van der Waals surface area contributed by atoms with Gasteiger partial charge in [-0.25, -0.2) is 9.18 Å². The van der Waals surface area contributed by atoms with Gasteiger partial charge in [-0.2, -0.15) is 0 Å². The molecule has 0 unspecified atom stereocenters. The van der Waals surface area contributed by atoms with Crippen molar-refractivity contribution in [3.05, 3.63) is 82.2 Å². The van der Waals surface area contributed by atoms with Crippen LogP contribution in [0.25, 0.3) is 17.4 Å². The molecule has 0 bridgehead atoms. The third-order valence-corrected chi connectivity index (χ3v) is 5.96. The minimum absolute atomic E-state index is 0.0552. The number of anilines is 1. The monoisotopic (exact) mass is 480 g/mol. The summed E-state index contributed by atoms with van der Waals surface area (Å²) in [5.74, 6) is -2.42. The lowest BCUT2D eigenvalue weighted by atomic mass is 10.0. The lowest BCUT2D eigenvalue weighted by molar-refractivity contribution is -0.127. The fourth-order valence-electron chi connectivity index (χ4n) is 3.37. The summed E-state index contributed by atoms with van der Waals surface area (Å²) in [5, 5.41) is 11.0. The van der Waals surface area contributed by atoms with Crippen molar-refractivity contribution in [3.63, 3.8) is 0 Å². The van der Waals surface area contributed by atoms with Crippen LogP contribution in [0.2, 0.25) is 0 Å². The number of furan rings is 1. The molecule has 2 N–H and O–H groups in total. The van der Waals surface area contributed by atoms with Crippen LogP contribution in [0.4, 0.5) is 14.9 Å². The van der Waals surface area contributed by atoms with E-state index >= 15 is 0 Å². The van der Waals surface area contributed by atoms with Gasteiger partial charge in [-0.3, -0.25) is 19.3 Å². The molecule has 3 amide bonds. The van der Waals surface area contributed by atoms with Crippen LogP contribution in [0.3, 0.4) is 0 Å². The number of carbonyl (C=O) groups is 4. The van der Waals surface area contributed by atoms with E-state index in [1.165, 1.54) is 30.3 Å². The Morgan fingerprint density at radius 1 is 1.12 bits per heavy atom. The molecule has 0 radical (unpaired) electrons. The fraction of sp³-hybridized carbons (Fsp3) is 0.0833. The number of nitrogens with one attached hydrogen (secondary N) is 1. The maximum absolute atomic E-state index is 13.7. The number of para-hydroxylation sites is 1. The highest BCUT2D eigenvalue weighted by Crippen LogP contribution is 2.34. The summed E-state index contributed by atoms with van der Waals surface area (Å²) in [6.07, 6.45) is 1.37. The lowest BCUT2D eigenvalue weighted by Gasteiger charge is -2.12. The molecule has 10 heteroatoms. The number of carboxylic acid groups (broad SMARTS) is 1. The van der Waals surface area contributed by atoms with Gasteiger partial charge in [-0.1, -0.05) is 24.3 Å². The van der Waals surface area contributed by atoms with Crippen molar-refractivity contribution < 1.29 is 33.1 Å². The van der Waals surface area contributed by atoms with Crippen molar-refractivity contribution >= 4 is 46.5 Å². The number of nitrogens with zero attached hydrogens (tertiary/aromatic N) is 1. The molecule has 8 nitrogen and oxygen atoms in total. The topological polar surface area (TPSA) is 117 Å². The highest BCUT2D eigenvalue weighted by molar-refractivity contribution is 8.18. The molecule has 3 aromatic rings. The van der Waals surface area contributed by atoms with Crippen LogP contribution in [0.1, 0.15) is 21.7 Å². The predicted molar refractivity (Wildman–Crippen MR) is 124 cm³/mol. The number of hydrogen-bond acceptors (Lipinski definition) is 6. The molecule has 2 aromatic carbocycles. The number of aromatic carboxylic acids is 1. The highest BCUT2D eigenvalue weighted by Gasteiger charge is 2.36. The second-order valence-electron chi connectivity index (χ2n) is 7.28. The van der Waals surface area contributed by atoms with Gasteiger partial charge in [-0.15, -0.1) is 0 Å². The minimum Gasteiger partial charge on any atom is -0.478 e. The third kappa shape index (κ3) is 4.62. The van der Waals surface area contributed by atoms with E-state index in [1.807, 2.05) is 0 Å². The molecule has 34 heavy (non-hydrogen) atoms. The SMILES string of the molecule is Cc1c(C(=O)O)cccc1-c1ccc(C=C2SC(=O)N(CC(=O)Nc3ccccc3F)C2=O)o1. The van der Waals surface area contributed by atoms with Crippen LogP contribution in [0.5, 0.6) is 0 Å². The summed E-state index contributed by atoms with van der Waals surface area (Å²) in [5.41, 5.74) is 1.19. The average molecular weight is 480 g/mol. The van der Waals surface area contributed by atoms with Crippen LogP contribution >= 0.6 is 11.8 Å². The second kappa shape index (κ2) is 9.36. The van der Waals surface area contributed by atoms with E-state index in [0.29, 0.717) is 28.6 Å². The van der Waals surface area contributed by atoms with E-state index < -0.39 is 35.4 Å². The van der Waals surface area contributed by atoms with Gasteiger partial charge in [0.25, 0.3) is 11.1 Å². The van der Waals surface area contributed by atoms with E-state index in [4.69, 9.17) is 4.42 Å². The van der Waals surface area contributed by atoms with Crippen LogP contribution in [0.15, 0.2) is 63.9 Å². The zero-order valence-corrected chi connectivity index (χ0v) is 18.5. The normalized spacial score (nSPS) is 14.6. The fourth-order valence-corrected chi connectivity index (χ4v) is 4.19. The number of carboxylic acids is 1. The molecular formula is C24H17FN2O6S. The van der Waals surface area contributed by atoms with Crippen molar-refractivity contribution in [1.82, 2.24) is 4.90 Å². The molecule has 0 aliphatic carbocycles. The number of amides is 3. The summed E-state index contributed by atoms with van der Waals surface area (Å²) < 4.78 is 19.5. The number of imide groups is 1. The molecule has 1 fully saturated rings. The number of hydrogen-bond donors (Lipinski definition) is 2. The van der Waals surface area contributed by atoms with Crippen molar-refractivity contribution in [3.8, 4) is 11.3 Å². The zero-order chi connectivity index (χ0) is 24.4. The molecule has 0 saturated carbocycles. The van der Waals surface area contributed by atoms with Gasteiger partial charge in [0.2, 0.25) is 5.91 Å². The van der Waals surface area contributed by atoms with Crippen molar-refractivity contribution in [2.45, 2.75) is 6.92 Å². The number of carbonyl (C=O) groups excluding carboxylic acids is 3. The summed E-state index contributed by atoms with van der Waals surface area (Å²) in [7, 11) is 0. The molecular weight excluding hydrogens is 463 g/mol. The van der Waals surface area contributed by atoms with E-state index in [1.54, 1.807) is 37.3 Å². The predicted octanol–water partition coefficient (Wildman–Crippen LogP) is 4.77. The Morgan fingerprint density at radius 3 is 2.62 bits per heavy atom. The van der Waals surface area contributed by atoms with Crippen molar-refractivity contribution in [2.24, 2.45) is 0 Å². The molecule has 1 saturated heterocycles. The summed E-state index contributed by atoms with van der Waals surface area (Å²) in [4.78, 5) is 49.4. The average Bonchev–Trinajstić information content (AvgIpc) is 3.35. The van der Waals surface area contributed by atoms with Gasteiger partial charge in [0.05, 0.1) is 16.2 Å². The van der Waals surface area contributed by atoms with Crippen LogP contribution in [0, 0.1) is 12.7 Å². The van der Waals surface area contributed by atoms with Crippen molar-refractivity contribution in [1.29, 1.82) is 0 Å². The van der Waals surface area contributed by atoms with Crippen molar-refractivity contribution in [2.75, 3.05) is 11.9 Å². The Kier molecular flexibility index (Phi) is 6.33. The Morgan fingerprint density at radius 2 is 1.88 bits per heavy atom. The Balaban J connectivity index is 1.49. The van der Waals surface area contributed by atoms with Crippen LogP contribution in [-0.2, 0) is 9.59 Å². The largest absolute Gasteiger partial charge is 0.478 e. The molecule has 1 aromatic heterocycles. The first kappa shape index (κ1) is 23.0. The maximum atomic E-state index is 13.7. The standard InChI is InChI=1S/C24H17FN2O6S/c1-13-15(5-4-6-16(13)23(30)31)19-10-9-14(33-19)11-20-22(29)27(24(32)34-20)12-21(28)26-18-8-3-2-7-17(18)25/h2-11H,12H2,1H3,(H,26,28)(H,30,31). The van der Waals surface area contributed by atoms with Gasteiger partial charge >= 0.3 is 5.97 Å². The van der Waals surface area contributed by atoms with E-state index in [0.717, 1.165) is 4.90 Å². The van der Waals surface area contributed by atoms with E-state index in [2.05, 4.69) is 5.32 Å². The quantitative estimate of drug-likeness (QED) is 0.488. The van der Waals surface area contributed by atoms with Gasteiger partial charge in [-0.05, 0) is 54.6 Å². The summed E-state index contributed by atoms with van der Waals surface area (Å²) >= 11 is 0.649. The van der Waals surface area contributed by atoms with Gasteiger partial charge in [0.1, 0.15) is 23.9 Å². The minimum atomic E-state index is -1.06. The zero-order valence-electron chi connectivity index (χ0n) is 17.7. The first-order chi connectivity index (χ1) is 16.2. The molecule has 0 spiro atoms. The van der Waals surface area contributed by atoms with Gasteiger partial charge in [0, 0.05) is 11.6 Å². The molecule has 4 rings (SSSR count). The first-order valence-corrected chi connectivity index (χ1v) is 10.8. The second-order valence-corrected chi connectivity index (χ2v) is 8.27. The number of thioether (sulfide) groups is 1. The Bertz CT molecular complexity index is 1360. The van der Waals surface area contributed by atoms with Crippen LogP contribution in [-0.4, -0.2) is 39.6 Å².